The Kier molecular flexibility index (Phi) is 10.5. The third-order valence-electron chi connectivity index (χ3n) is 5.95. The Hall–Kier alpha value is -1.32. The van der Waals surface area contributed by atoms with Crippen LogP contribution in [0.25, 0.3) is 0 Å². The topological polar surface area (TPSA) is 55.1 Å². The molecule has 0 spiro atoms. The number of rotatable bonds is 8. The van der Waals surface area contributed by atoms with Gasteiger partial charge in [-0.05, 0) is 38.5 Å². The van der Waals surface area contributed by atoms with Crippen molar-refractivity contribution in [2.24, 2.45) is 0 Å². The third-order valence-corrected chi connectivity index (χ3v) is 5.95. The van der Waals surface area contributed by atoms with E-state index in [4.69, 9.17) is 4.42 Å². The van der Waals surface area contributed by atoms with Crippen molar-refractivity contribution in [3.05, 3.63) is 17.8 Å². The molecule has 4 heteroatoms. The van der Waals surface area contributed by atoms with Gasteiger partial charge in [-0.3, -0.25) is 4.79 Å². The molecule has 0 aromatic carbocycles. The predicted octanol–water partition coefficient (Wildman–Crippen LogP) is 6.47. The summed E-state index contributed by atoms with van der Waals surface area (Å²) in [5.74, 6) is 3.13. The molecule has 1 saturated heterocycles. The van der Waals surface area contributed by atoms with Crippen LogP contribution >= 0.6 is 0 Å². The van der Waals surface area contributed by atoms with Crippen LogP contribution in [0.15, 0.2) is 10.6 Å². The second kappa shape index (κ2) is 13.0. The molecule has 2 heterocycles. The molecule has 0 saturated carbocycles. The van der Waals surface area contributed by atoms with Crippen molar-refractivity contribution < 1.29 is 9.21 Å². The Bertz CT molecular complexity index is 526. The average Bonchev–Trinajstić information content (AvgIpc) is 3.14. The molecular weight excluding hydrogens is 336 g/mol. The molecule has 0 radical (unpaired) electrons. The lowest BCUT2D eigenvalue weighted by molar-refractivity contribution is -0.121. The molecule has 1 aliphatic heterocycles. The maximum absolute atomic E-state index is 11.7. The Labute approximate surface area is 165 Å². The highest BCUT2D eigenvalue weighted by atomic mass is 16.4. The number of amides is 1. The second-order valence-corrected chi connectivity index (χ2v) is 8.20. The van der Waals surface area contributed by atoms with Gasteiger partial charge < -0.3 is 9.73 Å². The average molecular weight is 377 g/mol. The molecule has 1 N–H and O–H groups in total. The summed E-state index contributed by atoms with van der Waals surface area (Å²) in [4.78, 5) is 16.4. The minimum atomic E-state index is 0.208. The van der Waals surface area contributed by atoms with Gasteiger partial charge in [0.05, 0.1) is 6.20 Å². The summed E-state index contributed by atoms with van der Waals surface area (Å²) in [6.07, 6.45) is 18.0. The zero-order chi connectivity index (χ0) is 19.3. The highest BCUT2D eigenvalue weighted by molar-refractivity contribution is 5.75. The predicted molar refractivity (Wildman–Crippen MR) is 111 cm³/mol. The smallest absolute Gasteiger partial charge is 0.219 e. The zero-order valence-electron chi connectivity index (χ0n) is 17.6. The molecule has 154 valence electrons. The Morgan fingerprint density at radius 2 is 1.93 bits per heavy atom. The minimum Gasteiger partial charge on any atom is -0.445 e. The van der Waals surface area contributed by atoms with Crippen molar-refractivity contribution in [3.8, 4) is 0 Å². The molecule has 1 aromatic heterocycles. The molecule has 2 unspecified atom stereocenters. The maximum atomic E-state index is 11.7. The summed E-state index contributed by atoms with van der Waals surface area (Å²) in [6, 6.07) is 0. The fourth-order valence-corrected chi connectivity index (χ4v) is 4.13. The second-order valence-electron chi connectivity index (χ2n) is 8.20. The van der Waals surface area contributed by atoms with Crippen LogP contribution in [0.2, 0.25) is 0 Å². The van der Waals surface area contributed by atoms with E-state index >= 15 is 0 Å². The van der Waals surface area contributed by atoms with Gasteiger partial charge in [0.1, 0.15) is 5.76 Å². The van der Waals surface area contributed by atoms with Crippen LogP contribution in [0.1, 0.15) is 127 Å². The Balaban J connectivity index is 1.92. The summed E-state index contributed by atoms with van der Waals surface area (Å²) in [5.41, 5.74) is 0. The number of oxazole rings is 1. The van der Waals surface area contributed by atoms with Gasteiger partial charge in [0, 0.05) is 24.8 Å². The number of hydrogen-bond donors (Lipinski definition) is 1. The van der Waals surface area contributed by atoms with Crippen LogP contribution in [0.3, 0.4) is 0 Å². The van der Waals surface area contributed by atoms with E-state index in [0.29, 0.717) is 18.3 Å². The fraction of sp³-hybridized carbons (Fsp3) is 0.826. The number of carbonyl (C=O) groups is 1. The maximum Gasteiger partial charge on any atom is 0.219 e. The van der Waals surface area contributed by atoms with Crippen LogP contribution in [0, 0.1) is 0 Å². The number of nitrogens with zero attached hydrogens (tertiary/aromatic N) is 1. The molecule has 1 aromatic rings. The number of carbonyl (C=O) groups excluding carboxylic acids is 1. The van der Waals surface area contributed by atoms with E-state index in [9.17, 15) is 4.79 Å². The molecule has 27 heavy (non-hydrogen) atoms. The molecule has 4 nitrogen and oxygen atoms in total. The van der Waals surface area contributed by atoms with Crippen molar-refractivity contribution in [2.45, 2.75) is 116 Å². The zero-order valence-corrected chi connectivity index (χ0v) is 17.6. The Morgan fingerprint density at radius 3 is 2.74 bits per heavy atom. The van der Waals surface area contributed by atoms with E-state index in [1.54, 1.807) is 0 Å². The van der Waals surface area contributed by atoms with Crippen molar-refractivity contribution in [1.82, 2.24) is 10.3 Å². The molecule has 1 aliphatic rings. The highest BCUT2D eigenvalue weighted by Gasteiger charge is 2.21. The quantitative estimate of drug-likeness (QED) is 0.529. The van der Waals surface area contributed by atoms with Crippen LogP contribution in [0.4, 0.5) is 0 Å². The standard InChI is InChI=1S/C23H40N2O2/c1-3-5-6-9-13-19(4-2)21-18-25-23(27-21)20-14-10-7-8-11-16-22(26)24-17-12-15-20/h18-20H,3-17H2,1-2H3,(H,24,26). The normalized spacial score (nSPS) is 21.1. The molecule has 0 bridgehead atoms. The van der Waals surface area contributed by atoms with E-state index in [1.807, 2.05) is 6.20 Å². The van der Waals surface area contributed by atoms with Crippen LogP contribution in [0.5, 0.6) is 0 Å². The third kappa shape index (κ3) is 8.06. The molecule has 2 atom stereocenters. The lowest BCUT2D eigenvalue weighted by Crippen LogP contribution is -2.24. The van der Waals surface area contributed by atoms with E-state index in [1.165, 1.54) is 44.9 Å². The van der Waals surface area contributed by atoms with Crippen LogP contribution in [-0.2, 0) is 4.79 Å². The van der Waals surface area contributed by atoms with Crippen molar-refractivity contribution in [3.63, 3.8) is 0 Å². The van der Waals surface area contributed by atoms with E-state index < -0.39 is 0 Å². The lowest BCUT2D eigenvalue weighted by Gasteiger charge is -2.16. The first-order chi connectivity index (χ1) is 13.2. The summed E-state index contributed by atoms with van der Waals surface area (Å²) in [5, 5.41) is 3.05. The van der Waals surface area contributed by atoms with Gasteiger partial charge in [0.15, 0.2) is 5.89 Å². The van der Waals surface area contributed by atoms with Crippen molar-refractivity contribution in [2.75, 3.05) is 6.54 Å². The first-order valence-electron chi connectivity index (χ1n) is 11.5. The number of nitrogens with one attached hydrogen (secondary N) is 1. The summed E-state index contributed by atoms with van der Waals surface area (Å²) >= 11 is 0. The van der Waals surface area contributed by atoms with Gasteiger partial charge in [0.2, 0.25) is 5.91 Å². The summed E-state index contributed by atoms with van der Waals surface area (Å²) in [7, 11) is 0. The highest BCUT2D eigenvalue weighted by Crippen LogP contribution is 2.32. The lowest BCUT2D eigenvalue weighted by atomic mass is 9.95. The SMILES string of the molecule is CCCCCCC(CC)c1cnc(C2CCCCCCC(=O)NCCC2)o1. The number of unbranched alkanes of at least 4 members (excludes halogenated alkanes) is 3. The monoisotopic (exact) mass is 376 g/mol. The summed E-state index contributed by atoms with van der Waals surface area (Å²) < 4.78 is 6.28. The van der Waals surface area contributed by atoms with Gasteiger partial charge in [-0.15, -0.1) is 0 Å². The first kappa shape index (κ1) is 22.0. The van der Waals surface area contributed by atoms with Gasteiger partial charge >= 0.3 is 0 Å². The fourth-order valence-electron chi connectivity index (χ4n) is 4.13. The molecular formula is C23H40N2O2. The van der Waals surface area contributed by atoms with E-state index in [0.717, 1.165) is 56.7 Å². The molecule has 2 rings (SSSR count). The Morgan fingerprint density at radius 1 is 1.11 bits per heavy atom. The van der Waals surface area contributed by atoms with Crippen molar-refractivity contribution in [1.29, 1.82) is 0 Å². The van der Waals surface area contributed by atoms with Crippen molar-refractivity contribution >= 4 is 5.91 Å². The van der Waals surface area contributed by atoms with Gasteiger partial charge in [-0.1, -0.05) is 58.8 Å². The number of hydrogen-bond acceptors (Lipinski definition) is 3. The number of aromatic nitrogens is 1. The molecule has 1 fully saturated rings. The minimum absolute atomic E-state index is 0.208. The van der Waals surface area contributed by atoms with Crippen LogP contribution < -0.4 is 5.32 Å². The largest absolute Gasteiger partial charge is 0.445 e. The first-order valence-corrected chi connectivity index (χ1v) is 11.5. The molecule has 1 amide bonds. The van der Waals surface area contributed by atoms with E-state index in [2.05, 4.69) is 24.1 Å². The van der Waals surface area contributed by atoms with Gasteiger partial charge in [-0.25, -0.2) is 4.98 Å². The van der Waals surface area contributed by atoms with E-state index in [-0.39, 0.29) is 5.91 Å². The van der Waals surface area contributed by atoms with Gasteiger partial charge in [-0.2, -0.15) is 0 Å². The summed E-state index contributed by atoms with van der Waals surface area (Å²) in [6.45, 7) is 5.29. The molecule has 0 aliphatic carbocycles. The van der Waals surface area contributed by atoms with Crippen LogP contribution in [-0.4, -0.2) is 17.4 Å². The van der Waals surface area contributed by atoms with Gasteiger partial charge in [0.25, 0.3) is 0 Å².